The molecule has 0 bridgehead atoms. The SMILES string of the molecule is CC(C)CC(O)CNC(=O)c1cccc(-n2ccnc2)c1. The molecule has 2 rings (SSSR count). The number of carbonyl (C=O) groups is 1. The number of carbonyl (C=O) groups excluding carboxylic acids is 1. The summed E-state index contributed by atoms with van der Waals surface area (Å²) in [7, 11) is 0. The summed E-state index contributed by atoms with van der Waals surface area (Å²) in [6, 6.07) is 7.29. The zero-order valence-corrected chi connectivity index (χ0v) is 12.4. The Hall–Kier alpha value is -2.14. The van der Waals surface area contributed by atoms with E-state index in [0.29, 0.717) is 17.9 Å². The molecule has 0 radical (unpaired) electrons. The van der Waals surface area contributed by atoms with Gasteiger partial charge in [-0.3, -0.25) is 4.79 Å². The number of nitrogens with zero attached hydrogens (tertiary/aromatic N) is 2. The van der Waals surface area contributed by atoms with Crippen molar-refractivity contribution in [2.75, 3.05) is 6.54 Å². The molecule has 0 saturated carbocycles. The number of aromatic nitrogens is 2. The predicted molar refractivity (Wildman–Crippen MR) is 81.4 cm³/mol. The zero-order chi connectivity index (χ0) is 15.2. The van der Waals surface area contributed by atoms with E-state index >= 15 is 0 Å². The Morgan fingerprint density at radius 2 is 2.24 bits per heavy atom. The number of nitrogens with one attached hydrogen (secondary N) is 1. The predicted octanol–water partition coefficient (Wildman–Crippen LogP) is 2.01. The maximum absolute atomic E-state index is 12.1. The van der Waals surface area contributed by atoms with Crippen LogP contribution in [0.15, 0.2) is 43.0 Å². The molecule has 112 valence electrons. The van der Waals surface area contributed by atoms with Crippen molar-refractivity contribution < 1.29 is 9.90 Å². The van der Waals surface area contributed by atoms with Crippen molar-refractivity contribution >= 4 is 5.91 Å². The fourth-order valence-electron chi connectivity index (χ4n) is 2.16. The molecule has 1 amide bonds. The molecule has 0 aliphatic heterocycles. The van der Waals surface area contributed by atoms with Crippen LogP contribution in [0.2, 0.25) is 0 Å². The fourth-order valence-corrected chi connectivity index (χ4v) is 2.16. The summed E-state index contributed by atoms with van der Waals surface area (Å²) in [5.41, 5.74) is 1.45. The van der Waals surface area contributed by atoms with Crippen molar-refractivity contribution in [1.29, 1.82) is 0 Å². The third kappa shape index (κ3) is 4.43. The molecule has 5 heteroatoms. The second-order valence-corrected chi connectivity index (χ2v) is 5.51. The van der Waals surface area contributed by atoms with E-state index in [1.165, 1.54) is 0 Å². The van der Waals surface area contributed by atoms with Gasteiger partial charge < -0.3 is 15.0 Å². The van der Waals surface area contributed by atoms with Gasteiger partial charge in [0.15, 0.2) is 0 Å². The van der Waals surface area contributed by atoms with Gasteiger partial charge in [-0.2, -0.15) is 0 Å². The molecule has 0 aliphatic carbocycles. The van der Waals surface area contributed by atoms with Crippen LogP contribution in [0.3, 0.4) is 0 Å². The van der Waals surface area contributed by atoms with Gasteiger partial charge in [0.1, 0.15) is 0 Å². The van der Waals surface area contributed by atoms with E-state index in [9.17, 15) is 9.90 Å². The number of amides is 1. The van der Waals surface area contributed by atoms with E-state index < -0.39 is 6.10 Å². The summed E-state index contributed by atoms with van der Waals surface area (Å²) in [6.45, 7) is 4.35. The quantitative estimate of drug-likeness (QED) is 0.854. The number of rotatable bonds is 6. The molecule has 1 aromatic carbocycles. The van der Waals surface area contributed by atoms with E-state index in [1.54, 1.807) is 24.7 Å². The number of hydrogen-bond acceptors (Lipinski definition) is 3. The monoisotopic (exact) mass is 287 g/mol. The Morgan fingerprint density at radius 3 is 2.90 bits per heavy atom. The molecule has 1 heterocycles. The Labute approximate surface area is 124 Å². The van der Waals surface area contributed by atoms with Gasteiger partial charge in [0.05, 0.1) is 12.4 Å². The second-order valence-electron chi connectivity index (χ2n) is 5.51. The van der Waals surface area contributed by atoms with Gasteiger partial charge >= 0.3 is 0 Å². The molecular weight excluding hydrogens is 266 g/mol. The van der Waals surface area contributed by atoms with Gasteiger partial charge in [-0.25, -0.2) is 4.98 Å². The average Bonchev–Trinajstić information content (AvgIpc) is 2.98. The summed E-state index contributed by atoms with van der Waals surface area (Å²) >= 11 is 0. The Balaban J connectivity index is 1.98. The molecule has 2 N–H and O–H groups in total. The highest BCUT2D eigenvalue weighted by atomic mass is 16.3. The first-order chi connectivity index (χ1) is 10.1. The first kappa shape index (κ1) is 15.3. The maximum atomic E-state index is 12.1. The largest absolute Gasteiger partial charge is 0.391 e. The first-order valence-electron chi connectivity index (χ1n) is 7.11. The highest BCUT2D eigenvalue weighted by Crippen LogP contribution is 2.10. The van der Waals surface area contributed by atoms with Crippen molar-refractivity contribution in [2.45, 2.75) is 26.4 Å². The standard InChI is InChI=1S/C16H21N3O2/c1-12(2)8-15(20)10-18-16(21)13-4-3-5-14(9-13)19-7-6-17-11-19/h3-7,9,11-12,15,20H,8,10H2,1-2H3,(H,18,21). The molecule has 5 nitrogen and oxygen atoms in total. The lowest BCUT2D eigenvalue weighted by Crippen LogP contribution is -2.32. The number of aliphatic hydroxyl groups excluding tert-OH is 1. The van der Waals surface area contributed by atoms with Gasteiger partial charge in [0.25, 0.3) is 5.91 Å². The molecule has 0 aliphatic rings. The Kier molecular flexibility index (Phi) is 5.11. The van der Waals surface area contributed by atoms with Crippen LogP contribution in [-0.4, -0.2) is 33.2 Å². The minimum absolute atomic E-state index is 0.181. The minimum Gasteiger partial charge on any atom is -0.391 e. The average molecular weight is 287 g/mol. The zero-order valence-electron chi connectivity index (χ0n) is 12.4. The molecule has 0 saturated heterocycles. The molecular formula is C16H21N3O2. The fraction of sp³-hybridized carbons (Fsp3) is 0.375. The Bertz CT molecular complexity index is 579. The van der Waals surface area contributed by atoms with Gasteiger partial charge in [-0.15, -0.1) is 0 Å². The van der Waals surface area contributed by atoms with Gasteiger partial charge in [-0.1, -0.05) is 19.9 Å². The molecule has 0 fully saturated rings. The van der Waals surface area contributed by atoms with Crippen molar-refractivity contribution in [1.82, 2.24) is 14.9 Å². The van der Waals surface area contributed by atoms with Crippen LogP contribution in [0.25, 0.3) is 5.69 Å². The second kappa shape index (κ2) is 7.04. The lowest BCUT2D eigenvalue weighted by molar-refractivity contribution is 0.0900. The van der Waals surface area contributed by atoms with Crippen molar-refractivity contribution in [3.8, 4) is 5.69 Å². The summed E-state index contributed by atoms with van der Waals surface area (Å²) in [4.78, 5) is 16.1. The summed E-state index contributed by atoms with van der Waals surface area (Å²) in [6.07, 6.45) is 5.36. The first-order valence-corrected chi connectivity index (χ1v) is 7.11. The molecule has 1 atom stereocenters. The normalized spacial score (nSPS) is 12.4. The van der Waals surface area contributed by atoms with Crippen LogP contribution < -0.4 is 5.32 Å². The maximum Gasteiger partial charge on any atom is 0.251 e. The lowest BCUT2D eigenvalue weighted by Gasteiger charge is -2.14. The van der Waals surface area contributed by atoms with E-state index in [1.807, 2.05) is 36.7 Å². The van der Waals surface area contributed by atoms with E-state index in [2.05, 4.69) is 10.3 Å². The number of imidazole rings is 1. The smallest absolute Gasteiger partial charge is 0.251 e. The van der Waals surface area contributed by atoms with Crippen molar-refractivity contribution in [3.63, 3.8) is 0 Å². The lowest BCUT2D eigenvalue weighted by atomic mass is 10.1. The third-order valence-electron chi connectivity index (χ3n) is 3.15. The van der Waals surface area contributed by atoms with Crippen LogP contribution in [0.1, 0.15) is 30.6 Å². The minimum atomic E-state index is -0.509. The summed E-state index contributed by atoms with van der Waals surface area (Å²) < 4.78 is 1.84. The van der Waals surface area contributed by atoms with E-state index in [4.69, 9.17) is 0 Å². The molecule has 21 heavy (non-hydrogen) atoms. The van der Waals surface area contributed by atoms with Gasteiger partial charge in [0.2, 0.25) is 0 Å². The number of benzene rings is 1. The Morgan fingerprint density at radius 1 is 1.43 bits per heavy atom. The topological polar surface area (TPSA) is 67.2 Å². The van der Waals surface area contributed by atoms with Crippen LogP contribution in [0, 0.1) is 5.92 Å². The van der Waals surface area contributed by atoms with Crippen LogP contribution in [-0.2, 0) is 0 Å². The van der Waals surface area contributed by atoms with Gasteiger partial charge in [0, 0.05) is 30.2 Å². The van der Waals surface area contributed by atoms with Crippen molar-refractivity contribution in [3.05, 3.63) is 48.5 Å². The molecule has 1 unspecified atom stereocenters. The third-order valence-corrected chi connectivity index (χ3v) is 3.15. The van der Waals surface area contributed by atoms with Crippen LogP contribution >= 0.6 is 0 Å². The van der Waals surface area contributed by atoms with E-state index in [-0.39, 0.29) is 12.5 Å². The number of hydrogen-bond donors (Lipinski definition) is 2. The van der Waals surface area contributed by atoms with Crippen LogP contribution in [0.5, 0.6) is 0 Å². The van der Waals surface area contributed by atoms with E-state index in [0.717, 1.165) is 5.69 Å². The number of aliphatic hydroxyl groups is 1. The molecule has 2 aromatic rings. The highest BCUT2D eigenvalue weighted by molar-refractivity contribution is 5.94. The summed E-state index contributed by atoms with van der Waals surface area (Å²) in [5.74, 6) is 0.223. The van der Waals surface area contributed by atoms with Gasteiger partial charge in [-0.05, 0) is 30.5 Å². The highest BCUT2D eigenvalue weighted by Gasteiger charge is 2.11. The summed E-state index contributed by atoms with van der Waals surface area (Å²) in [5, 5.41) is 12.6. The molecule has 0 spiro atoms. The van der Waals surface area contributed by atoms with Crippen LogP contribution in [0.4, 0.5) is 0 Å². The molecule has 1 aromatic heterocycles. The van der Waals surface area contributed by atoms with Crippen molar-refractivity contribution in [2.24, 2.45) is 5.92 Å².